The maximum absolute atomic E-state index is 12.6. The highest BCUT2D eigenvalue weighted by molar-refractivity contribution is 5.74. The van der Waals surface area contributed by atoms with E-state index in [0.717, 1.165) is 44.7 Å². The number of pyridine rings is 1. The van der Waals surface area contributed by atoms with Gasteiger partial charge in [0.05, 0.1) is 18.4 Å². The minimum Gasteiger partial charge on any atom is -0.370 e. The van der Waals surface area contributed by atoms with E-state index in [4.69, 9.17) is 4.74 Å². The van der Waals surface area contributed by atoms with E-state index in [9.17, 15) is 4.79 Å². The Kier molecular flexibility index (Phi) is 7.47. The number of hydrogen-bond acceptors (Lipinski definition) is 4. The first-order chi connectivity index (χ1) is 13.1. The molecular formula is C21H34N4O2. The van der Waals surface area contributed by atoms with Gasteiger partial charge in [-0.15, -0.1) is 0 Å². The van der Waals surface area contributed by atoms with Crippen LogP contribution < -0.4 is 5.32 Å². The number of ether oxygens (including phenoxy) is 1. The van der Waals surface area contributed by atoms with Crippen LogP contribution >= 0.6 is 0 Å². The zero-order valence-electron chi connectivity index (χ0n) is 16.8. The summed E-state index contributed by atoms with van der Waals surface area (Å²) in [5.41, 5.74) is 0.937. The number of nitrogens with one attached hydrogen (secondary N) is 1. The van der Waals surface area contributed by atoms with Crippen molar-refractivity contribution in [2.24, 2.45) is 5.92 Å². The average Bonchev–Trinajstić information content (AvgIpc) is 2.72. The van der Waals surface area contributed by atoms with Crippen LogP contribution in [0.2, 0.25) is 0 Å². The summed E-state index contributed by atoms with van der Waals surface area (Å²) in [6.07, 6.45) is 6.23. The number of rotatable bonds is 6. The molecule has 6 nitrogen and oxygen atoms in total. The molecule has 150 valence electrons. The fourth-order valence-corrected chi connectivity index (χ4v) is 3.96. The molecule has 6 heteroatoms. The van der Waals surface area contributed by atoms with E-state index in [1.807, 2.05) is 23.1 Å². The Morgan fingerprint density at radius 2 is 2.07 bits per heavy atom. The lowest BCUT2D eigenvalue weighted by Crippen LogP contribution is -2.49. The van der Waals surface area contributed by atoms with Crippen LogP contribution in [0.4, 0.5) is 4.79 Å². The van der Waals surface area contributed by atoms with Crippen LogP contribution in [0.5, 0.6) is 0 Å². The molecule has 2 fully saturated rings. The van der Waals surface area contributed by atoms with Gasteiger partial charge in [-0.25, -0.2) is 4.79 Å². The fraction of sp³-hybridized carbons (Fsp3) is 0.714. The van der Waals surface area contributed by atoms with Crippen molar-refractivity contribution >= 4 is 6.03 Å². The first-order valence-corrected chi connectivity index (χ1v) is 10.4. The third-order valence-electron chi connectivity index (χ3n) is 5.78. The molecule has 27 heavy (non-hydrogen) atoms. The third kappa shape index (κ3) is 6.18. The second kappa shape index (κ2) is 10.0. The smallest absolute Gasteiger partial charge is 0.317 e. The van der Waals surface area contributed by atoms with Crippen LogP contribution in [0.3, 0.4) is 0 Å². The molecule has 1 aromatic heterocycles. The first kappa shape index (κ1) is 20.1. The van der Waals surface area contributed by atoms with E-state index in [2.05, 4.69) is 29.0 Å². The predicted molar refractivity (Wildman–Crippen MR) is 106 cm³/mol. The maximum Gasteiger partial charge on any atom is 0.317 e. The van der Waals surface area contributed by atoms with Crippen LogP contribution in [-0.2, 0) is 11.3 Å². The first-order valence-electron chi connectivity index (χ1n) is 10.4. The van der Waals surface area contributed by atoms with Gasteiger partial charge in [-0.05, 0) is 70.7 Å². The van der Waals surface area contributed by atoms with E-state index in [-0.39, 0.29) is 12.1 Å². The fourth-order valence-electron chi connectivity index (χ4n) is 3.96. The van der Waals surface area contributed by atoms with E-state index in [1.54, 1.807) is 6.20 Å². The maximum atomic E-state index is 12.6. The third-order valence-corrected chi connectivity index (χ3v) is 5.78. The molecule has 2 aliphatic heterocycles. The highest BCUT2D eigenvalue weighted by Crippen LogP contribution is 2.19. The second-order valence-electron chi connectivity index (χ2n) is 8.10. The van der Waals surface area contributed by atoms with Crippen molar-refractivity contribution in [2.45, 2.75) is 58.3 Å². The Balaban J connectivity index is 1.37. The topological polar surface area (TPSA) is 57.7 Å². The molecular weight excluding hydrogens is 340 g/mol. The van der Waals surface area contributed by atoms with E-state index in [1.165, 1.54) is 12.8 Å². The normalized spacial score (nSPS) is 22.2. The Morgan fingerprint density at radius 1 is 1.26 bits per heavy atom. The molecule has 0 spiro atoms. The molecule has 2 saturated heterocycles. The average molecular weight is 375 g/mol. The zero-order chi connectivity index (χ0) is 19.1. The molecule has 3 rings (SSSR count). The van der Waals surface area contributed by atoms with Crippen molar-refractivity contribution in [1.82, 2.24) is 20.1 Å². The molecule has 1 aromatic rings. The number of aromatic nitrogens is 1. The molecule has 2 amide bonds. The van der Waals surface area contributed by atoms with Gasteiger partial charge in [0.1, 0.15) is 0 Å². The van der Waals surface area contributed by atoms with Gasteiger partial charge in [0.25, 0.3) is 0 Å². The van der Waals surface area contributed by atoms with Crippen molar-refractivity contribution in [3.8, 4) is 0 Å². The highest BCUT2D eigenvalue weighted by atomic mass is 16.5. The van der Waals surface area contributed by atoms with E-state index in [0.29, 0.717) is 25.1 Å². The van der Waals surface area contributed by atoms with Crippen molar-refractivity contribution in [1.29, 1.82) is 0 Å². The molecule has 0 bridgehead atoms. The van der Waals surface area contributed by atoms with Crippen LogP contribution in [0.25, 0.3) is 0 Å². The molecule has 0 radical (unpaired) electrons. The molecule has 0 aromatic carbocycles. The lowest BCUT2D eigenvalue weighted by molar-refractivity contribution is -0.00179. The summed E-state index contributed by atoms with van der Waals surface area (Å²) in [5, 5.41) is 3.16. The number of carbonyl (C=O) groups is 1. The zero-order valence-corrected chi connectivity index (χ0v) is 16.8. The number of piperidine rings is 2. The van der Waals surface area contributed by atoms with Crippen molar-refractivity contribution < 1.29 is 9.53 Å². The SMILES string of the molecule is CC(C)N1CCC(CNC(=O)N2CCC[C@@H](OCc3ccccn3)C2)CC1. The lowest BCUT2D eigenvalue weighted by atomic mass is 9.96. The number of carbonyl (C=O) groups excluding carboxylic acids is 1. The molecule has 0 aliphatic carbocycles. The van der Waals surface area contributed by atoms with Gasteiger partial charge >= 0.3 is 6.03 Å². The summed E-state index contributed by atoms with van der Waals surface area (Å²) in [6.45, 7) is 9.59. The molecule has 3 heterocycles. The van der Waals surface area contributed by atoms with Crippen LogP contribution in [-0.4, -0.2) is 65.7 Å². The monoisotopic (exact) mass is 374 g/mol. The van der Waals surface area contributed by atoms with Crippen LogP contribution in [0, 0.1) is 5.92 Å². The molecule has 1 N–H and O–H groups in total. The Hall–Kier alpha value is -1.66. The Morgan fingerprint density at radius 3 is 2.78 bits per heavy atom. The summed E-state index contributed by atoms with van der Waals surface area (Å²) >= 11 is 0. The number of likely N-dealkylation sites (tertiary alicyclic amines) is 2. The van der Waals surface area contributed by atoms with Gasteiger partial charge in [0, 0.05) is 31.9 Å². The highest BCUT2D eigenvalue weighted by Gasteiger charge is 2.26. The van der Waals surface area contributed by atoms with Crippen LogP contribution in [0.15, 0.2) is 24.4 Å². The van der Waals surface area contributed by atoms with Gasteiger partial charge in [0.2, 0.25) is 0 Å². The Labute approximate surface area is 163 Å². The summed E-state index contributed by atoms with van der Waals surface area (Å²) in [6, 6.07) is 6.53. The molecule has 0 unspecified atom stereocenters. The molecule has 1 atom stereocenters. The molecule has 0 saturated carbocycles. The number of urea groups is 1. The van der Waals surface area contributed by atoms with Crippen molar-refractivity contribution in [3.63, 3.8) is 0 Å². The van der Waals surface area contributed by atoms with Gasteiger partial charge in [0.15, 0.2) is 0 Å². The minimum absolute atomic E-state index is 0.0624. The lowest BCUT2D eigenvalue weighted by Gasteiger charge is -2.36. The second-order valence-corrected chi connectivity index (χ2v) is 8.10. The van der Waals surface area contributed by atoms with E-state index >= 15 is 0 Å². The van der Waals surface area contributed by atoms with Crippen molar-refractivity contribution in [3.05, 3.63) is 30.1 Å². The van der Waals surface area contributed by atoms with Crippen molar-refractivity contribution in [2.75, 3.05) is 32.7 Å². The number of hydrogen-bond donors (Lipinski definition) is 1. The minimum atomic E-state index is 0.0624. The van der Waals surface area contributed by atoms with Gasteiger partial charge in [-0.2, -0.15) is 0 Å². The quantitative estimate of drug-likeness (QED) is 0.832. The van der Waals surface area contributed by atoms with Gasteiger partial charge in [-0.1, -0.05) is 6.07 Å². The van der Waals surface area contributed by atoms with Crippen LogP contribution in [0.1, 0.15) is 45.2 Å². The predicted octanol–water partition coefficient (Wildman–Crippen LogP) is 2.89. The summed E-state index contributed by atoms with van der Waals surface area (Å²) in [7, 11) is 0. The largest absolute Gasteiger partial charge is 0.370 e. The summed E-state index contributed by atoms with van der Waals surface area (Å²) in [5.74, 6) is 0.602. The van der Waals surface area contributed by atoms with Gasteiger partial charge in [-0.3, -0.25) is 4.98 Å². The summed E-state index contributed by atoms with van der Waals surface area (Å²) in [4.78, 5) is 21.3. The van der Waals surface area contributed by atoms with E-state index < -0.39 is 0 Å². The summed E-state index contributed by atoms with van der Waals surface area (Å²) < 4.78 is 5.99. The standard InChI is InChI=1S/C21H34N4O2/c1-17(2)24-12-8-18(9-13-24)14-23-21(26)25-11-5-7-20(15-25)27-16-19-6-3-4-10-22-19/h3-4,6,10,17-18,20H,5,7-9,11-16H2,1-2H3,(H,23,26)/t20-/m1/s1. The van der Waals surface area contributed by atoms with Gasteiger partial charge < -0.3 is 19.9 Å². The number of nitrogens with zero attached hydrogens (tertiary/aromatic N) is 3. The Bertz CT molecular complexity index is 573. The number of amides is 2. The molecule has 2 aliphatic rings.